The summed E-state index contributed by atoms with van der Waals surface area (Å²) >= 11 is 0. The van der Waals surface area contributed by atoms with Crippen LogP contribution in [0.3, 0.4) is 0 Å². The molecule has 3 aromatic heterocycles. The van der Waals surface area contributed by atoms with E-state index in [9.17, 15) is 8.42 Å². The van der Waals surface area contributed by atoms with Crippen LogP contribution in [-0.4, -0.2) is 74.8 Å². The molecule has 0 atom stereocenters. The number of ether oxygens (including phenoxy) is 4. The first-order valence-electron chi connectivity index (χ1n) is 17.4. The van der Waals surface area contributed by atoms with Gasteiger partial charge >= 0.3 is 0 Å². The zero-order chi connectivity index (χ0) is 34.3. The lowest BCUT2D eigenvalue weighted by molar-refractivity contribution is -0.264. The molecule has 11 heteroatoms. The molecule has 0 N–H and O–H groups in total. The Morgan fingerprint density at radius 1 is 0.780 bits per heavy atom. The van der Waals surface area contributed by atoms with Crippen LogP contribution < -0.4 is 4.74 Å². The molecule has 9 rings (SSSR count). The smallest absolute Gasteiger partial charge is 0.297 e. The van der Waals surface area contributed by atoms with Gasteiger partial charge in [0, 0.05) is 66.4 Å². The lowest BCUT2D eigenvalue weighted by atomic mass is 9.35. The topological polar surface area (TPSA) is 111 Å². The van der Waals surface area contributed by atoms with E-state index in [1.54, 1.807) is 24.3 Å². The van der Waals surface area contributed by atoms with Gasteiger partial charge in [0.2, 0.25) is 5.88 Å². The van der Waals surface area contributed by atoms with Gasteiger partial charge in [-0.1, -0.05) is 29.8 Å². The first kappa shape index (κ1) is 33.3. The molecule has 4 saturated carbocycles. The normalized spacial score (nSPS) is 24.1. The summed E-state index contributed by atoms with van der Waals surface area (Å²) in [7, 11) is -1.67. The number of nitrogens with zero attached hydrogens (tertiary/aromatic N) is 3. The summed E-state index contributed by atoms with van der Waals surface area (Å²) in [5, 5.41) is 2.36. The summed E-state index contributed by atoms with van der Waals surface area (Å²) in [6.07, 6.45) is 11.3. The maximum absolute atomic E-state index is 12.2. The molecule has 3 heterocycles. The van der Waals surface area contributed by atoms with Crippen molar-refractivity contribution in [3.05, 3.63) is 84.8 Å². The molecule has 0 unspecified atom stereocenters. The summed E-state index contributed by atoms with van der Waals surface area (Å²) in [6.45, 7) is 4.51. The number of aryl methyl sites for hydroxylation is 2. The van der Waals surface area contributed by atoms with Gasteiger partial charge in [0.05, 0.1) is 56.2 Å². The molecule has 262 valence electrons. The van der Waals surface area contributed by atoms with Gasteiger partial charge in [-0.25, -0.2) is 4.98 Å². The quantitative estimate of drug-likeness (QED) is 0.0829. The third-order valence-electron chi connectivity index (χ3n) is 10.6. The fraction of sp³-hybridized carbons (Fsp3) is 0.436. The zero-order valence-corrected chi connectivity index (χ0v) is 29.4. The molecule has 10 nitrogen and oxygen atoms in total. The fourth-order valence-corrected chi connectivity index (χ4v) is 8.98. The standard InChI is InChI=1S/C39H43N3O7S/c1-27-3-7-32(8-4-27)50(43,44)48-16-15-45-13-14-46-25-38-22-39(23-38,24-38)26-47-30-18-31(19-30)49-37-10-6-29(20-41-37)28-5-9-33-34-21-40-12-11-35(34)42(2)36(33)17-28/h3-12,17,20-21,30-31H,13-16,18-19,22-26H2,1-2H3. The Labute approximate surface area is 292 Å². The highest BCUT2D eigenvalue weighted by Crippen LogP contribution is 2.73. The van der Waals surface area contributed by atoms with Gasteiger partial charge < -0.3 is 23.5 Å². The lowest BCUT2D eigenvalue weighted by Gasteiger charge is -2.70. The second-order valence-corrected chi connectivity index (χ2v) is 16.1. The molecular formula is C39H43N3O7S. The predicted molar refractivity (Wildman–Crippen MR) is 190 cm³/mol. The van der Waals surface area contributed by atoms with Gasteiger partial charge in [-0.3, -0.25) is 9.17 Å². The van der Waals surface area contributed by atoms with E-state index in [4.69, 9.17) is 23.1 Å². The molecule has 0 saturated heterocycles. The molecule has 0 spiro atoms. The second kappa shape index (κ2) is 13.4. The van der Waals surface area contributed by atoms with Gasteiger partial charge in [0.25, 0.3) is 10.1 Å². The average Bonchev–Trinajstić information content (AvgIpc) is 3.35. The maximum Gasteiger partial charge on any atom is 0.297 e. The van der Waals surface area contributed by atoms with E-state index in [0.717, 1.165) is 67.4 Å². The third-order valence-corrected chi connectivity index (χ3v) is 12.0. The Morgan fingerprint density at radius 3 is 2.30 bits per heavy atom. The lowest BCUT2D eigenvalue weighted by Crippen LogP contribution is -2.66. The van der Waals surface area contributed by atoms with Crippen LogP contribution in [0.25, 0.3) is 32.9 Å². The number of benzene rings is 2. The number of aromatic nitrogens is 3. The number of pyridine rings is 2. The van der Waals surface area contributed by atoms with Crippen LogP contribution in [-0.2, 0) is 35.6 Å². The minimum Gasteiger partial charge on any atom is -0.474 e. The van der Waals surface area contributed by atoms with E-state index in [1.165, 1.54) is 16.4 Å². The van der Waals surface area contributed by atoms with E-state index in [1.807, 2.05) is 31.6 Å². The Balaban J connectivity index is 0.690. The summed E-state index contributed by atoms with van der Waals surface area (Å²) < 4.78 is 55.6. The van der Waals surface area contributed by atoms with Gasteiger partial charge in [-0.2, -0.15) is 8.42 Å². The van der Waals surface area contributed by atoms with Crippen molar-refractivity contribution >= 4 is 31.9 Å². The van der Waals surface area contributed by atoms with E-state index in [2.05, 4.69) is 51.9 Å². The molecule has 2 aromatic carbocycles. The predicted octanol–water partition coefficient (Wildman–Crippen LogP) is 6.63. The molecule has 0 aliphatic heterocycles. The number of rotatable bonds is 16. The van der Waals surface area contributed by atoms with Crippen molar-refractivity contribution in [2.45, 2.75) is 56.1 Å². The highest BCUT2D eigenvalue weighted by Gasteiger charge is 2.67. The van der Waals surface area contributed by atoms with Gasteiger partial charge in [-0.05, 0) is 72.9 Å². The molecule has 0 radical (unpaired) electrons. The maximum atomic E-state index is 12.2. The van der Waals surface area contributed by atoms with Crippen LogP contribution >= 0.6 is 0 Å². The molecule has 4 fully saturated rings. The molecule has 4 aliphatic carbocycles. The molecule has 5 aromatic rings. The van der Waals surface area contributed by atoms with Crippen molar-refractivity contribution in [1.82, 2.24) is 14.5 Å². The third kappa shape index (κ3) is 6.65. The minimum absolute atomic E-state index is 0.0238. The van der Waals surface area contributed by atoms with E-state index < -0.39 is 10.1 Å². The van der Waals surface area contributed by atoms with Crippen molar-refractivity contribution in [3.63, 3.8) is 0 Å². The second-order valence-electron chi connectivity index (χ2n) is 14.5. The van der Waals surface area contributed by atoms with Crippen LogP contribution in [0.2, 0.25) is 0 Å². The number of hydrogen-bond donors (Lipinski definition) is 0. The SMILES string of the molecule is Cc1ccc(S(=O)(=O)OCCOCCOCC23CC(COC4CC(Oc5ccc(-c6ccc7c8cnccc8n(C)c7c6)cn5)C4)(C2)C3)cc1. The van der Waals surface area contributed by atoms with E-state index >= 15 is 0 Å². The Morgan fingerprint density at radius 2 is 1.52 bits per heavy atom. The molecule has 0 amide bonds. The Kier molecular flexibility index (Phi) is 8.89. The van der Waals surface area contributed by atoms with Crippen molar-refractivity contribution in [2.24, 2.45) is 17.9 Å². The van der Waals surface area contributed by atoms with E-state index in [0.29, 0.717) is 24.5 Å². The Bertz CT molecular complexity index is 2070. The average molecular weight is 698 g/mol. The van der Waals surface area contributed by atoms with Crippen LogP contribution in [0.4, 0.5) is 0 Å². The number of hydrogen-bond acceptors (Lipinski definition) is 9. The minimum atomic E-state index is -3.76. The molecule has 4 aliphatic rings. The van der Waals surface area contributed by atoms with Crippen molar-refractivity contribution in [2.75, 3.05) is 39.6 Å². The van der Waals surface area contributed by atoms with Crippen LogP contribution in [0.1, 0.15) is 37.7 Å². The monoisotopic (exact) mass is 697 g/mol. The zero-order valence-electron chi connectivity index (χ0n) is 28.5. The first-order chi connectivity index (χ1) is 24.2. The largest absolute Gasteiger partial charge is 0.474 e. The highest BCUT2D eigenvalue weighted by atomic mass is 32.2. The molecule has 2 bridgehead atoms. The summed E-state index contributed by atoms with van der Waals surface area (Å²) in [5.41, 5.74) is 6.12. The number of fused-ring (bicyclic) bond motifs is 3. The van der Waals surface area contributed by atoms with Crippen molar-refractivity contribution in [1.29, 1.82) is 0 Å². The summed E-state index contributed by atoms with van der Waals surface area (Å²) in [4.78, 5) is 9.07. The van der Waals surface area contributed by atoms with Crippen molar-refractivity contribution < 1.29 is 31.5 Å². The molecular weight excluding hydrogens is 655 g/mol. The van der Waals surface area contributed by atoms with Gasteiger partial charge in [-0.15, -0.1) is 0 Å². The van der Waals surface area contributed by atoms with E-state index in [-0.39, 0.29) is 35.7 Å². The molecule has 50 heavy (non-hydrogen) atoms. The van der Waals surface area contributed by atoms with Gasteiger partial charge in [0.15, 0.2) is 0 Å². The van der Waals surface area contributed by atoms with Crippen LogP contribution in [0.15, 0.2) is 84.1 Å². The van der Waals surface area contributed by atoms with Crippen molar-refractivity contribution in [3.8, 4) is 17.0 Å². The summed E-state index contributed by atoms with van der Waals surface area (Å²) in [6, 6.07) is 19.2. The fourth-order valence-electron chi connectivity index (χ4n) is 8.09. The highest BCUT2D eigenvalue weighted by molar-refractivity contribution is 7.86. The summed E-state index contributed by atoms with van der Waals surface area (Å²) in [5.74, 6) is 0.653. The van der Waals surface area contributed by atoms with Crippen LogP contribution in [0.5, 0.6) is 5.88 Å². The first-order valence-corrected chi connectivity index (χ1v) is 18.8. The Hall–Kier alpha value is -3.87. The van der Waals surface area contributed by atoms with Gasteiger partial charge in [0.1, 0.15) is 6.10 Å². The van der Waals surface area contributed by atoms with Crippen LogP contribution in [0, 0.1) is 17.8 Å².